The predicted molar refractivity (Wildman–Crippen MR) is 107 cm³/mol. The number of carboxylic acids is 1. The van der Waals surface area contributed by atoms with Crippen molar-refractivity contribution in [2.24, 2.45) is 5.14 Å². The van der Waals surface area contributed by atoms with Crippen molar-refractivity contribution in [2.75, 3.05) is 0 Å². The molecule has 0 amide bonds. The van der Waals surface area contributed by atoms with Gasteiger partial charge >= 0.3 is 12.1 Å². The number of aromatic nitrogens is 2. The van der Waals surface area contributed by atoms with Crippen LogP contribution in [0.25, 0.3) is 16.9 Å². The molecule has 0 saturated heterocycles. The maximum absolute atomic E-state index is 13.4. The lowest BCUT2D eigenvalue weighted by atomic mass is 9.98. The Balaban J connectivity index is 2.17. The second-order valence-electron chi connectivity index (χ2n) is 6.73. The summed E-state index contributed by atoms with van der Waals surface area (Å²) in [5.41, 5.74) is -1.07. The van der Waals surface area contributed by atoms with E-state index in [0.717, 1.165) is 22.9 Å². The van der Waals surface area contributed by atoms with Crippen LogP contribution in [0.5, 0.6) is 0 Å². The van der Waals surface area contributed by atoms with Crippen LogP contribution in [0.4, 0.5) is 13.2 Å². The number of hydrogen-bond acceptors (Lipinski definition) is 5. The second kappa shape index (κ2) is 8.55. The smallest absolute Gasteiger partial charge is 0.435 e. The molecule has 12 heteroatoms. The third-order valence-electron chi connectivity index (χ3n) is 4.48. The van der Waals surface area contributed by atoms with Crippen LogP contribution in [0, 0.1) is 0 Å². The van der Waals surface area contributed by atoms with E-state index in [2.05, 4.69) is 5.10 Å². The SMILES string of the molecule is NS(=O)(=O)c1ccc(-n2nc(C(F)(F)F)cc2-c2ccccc2C(=O)CCC(=O)O)cc1. The molecule has 0 radical (unpaired) electrons. The number of nitrogens with zero attached hydrogens (tertiary/aromatic N) is 2. The molecule has 3 N–H and O–H groups in total. The van der Waals surface area contributed by atoms with Crippen molar-refractivity contribution in [2.45, 2.75) is 23.9 Å². The number of benzene rings is 2. The fourth-order valence-electron chi connectivity index (χ4n) is 2.99. The van der Waals surface area contributed by atoms with Crippen LogP contribution in [0.1, 0.15) is 28.9 Å². The van der Waals surface area contributed by atoms with Gasteiger partial charge in [-0.1, -0.05) is 24.3 Å². The monoisotopic (exact) mass is 467 g/mol. The zero-order valence-electron chi connectivity index (χ0n) is 16.2. The van der Waals surface area contributed by atoms with Gasteiger partial charge in [-0.3, -0.25) is 9.59 Å². The third kappa shape index (κ3) is 5.03. The minimum Gasteiger partial charge on any atom is -0.481 e. The van der Waals surface area contributed by atoms with Gasteiger partial charge in [0.15, 0.2) is 11.5 Å². The van der Waals surface area contributed by atoms with Crippen LogP contribution in [0.2, 0.25) is 0 Å². The molecule has 0 atom stereocenters. The number of carboxylic acid groups (broad SMARTS) is 1. The Morgan fingerprint density at radius 2 is 1.66 bits per heavy atom. The van der Waals surface area contributed by atoms with E-state index in [0.29, 0.717) is 0 Å². The summed E-state index contributed by atoms with van der Waals surface area (Å²) in [6.45, 7) is 0. The van der Waals surface area contributed by atoms with E-state index in [-0.39, 0.29) is 33.8 Å². The van der Waals surface area contributed by atoms with Gasteiger partial charge in [0.1, 0.15) is 0 Å². The maximum Gasteiger partial charge on any atom is 0.435 e. The summed E-state index contributed by atoms with van der Waals surface area (Å²) in [4.78, 5) is 23.1. The van der Waals surface area contributed by atoms with E-state index in [1.54, 1.807) is 0 Å². The second-order valence-corrected chi connectivity index (χ2v) is 8.29. The quantitative estimate of drug-likeness (QED) is 0.513. The molecule has 0 bridgehead atoms. The van der Waals surface area contributed by atoms with E-state index < -0.39 is 40.1 Å². The number of carbonyl (C=O) groups is 2. The maximum atomic E-state index is 13.4. The average Bonchev–Trinajstić information content (AvgIpc) is 3.17. The number of halogens is 3. The van der Waals surface area contributed by atoms with Crippen molar-refractivity contribution >= 4 is 21.8 Å². The van der Waals surface area contributed by atoms with Crippen LogP contribution >= 0.6 is 0 Å². The van der Waals surface area contributed by atoms with E-state index >= 15 is 0 Å². The first kappa shape index (κ1) is 23.2. The molecule has 1 aromatic heterocycles. The van der Waals surface area contributed by atoms with Crippen LogP contribution in [-0.4, -0.2) is 35.1 Å². The molecule has 0 saturated carbocycles. The Bertz CT molecular complexity index is 1280. The summed E-state index contributed by atoms with van der Waals surface area (Å²) in [5.74, 6) is -1.75. The van der Waals surface area contributed by atoms with Crippen molar-refractivity contribution in [3.05, 3.63) is 65.9 Å². The van der Waals surface area contributed by atoms with Crippen molar-refractivity contribution in [3.63, 3.8) is 0 Å². The van der Waals surface area contributed by atoms with Gasteiger partial charge in [0, 0.05) is 17.5 Å². The minimum absolute atomic E-state index is 0.0322. The molecule has 3 aromatic rings. The molecule has 32 heavy (non-hydrogen) atoms. The molecule has 0 aliphatic rings. The van der Waals surface area contributed by atoms with E-state index in [9.17, 15) is 31.2 Å². The molecule has 0 fully saturated rings. The zero-order chi connectivity index (χ0) is 23.7. The summed E-state index contributed by atoms with van der Waals surface area (Å²) in [5, 5.41) is 17.5. The molecular formula is C20H16F3N3O5S. The molecule has 168 valence electrons. The highest BCUT2D eigenvalue weighted by molar-refractivity contribution is 7.89. The fraction of sp³-hybridized carbons (Fsp3) is 0.150. The molecule has 0 aliphatic heterocycles. The van der Waals surface area contributed by atoms with Gasteiger partial charge in [-0.2, -0.15) is 18.3 Å². The standard InChI is InChI=1S/C20H16F3N3O5S/c21-20(22,23)18-11-16(14-3-1-2-4-15(14)17(27)9-10-19(28)29)26(25-18)12-5-7-13(8-6-12)32(24,30)31/h1-8,11H,9-10H2,(H,28,29)(H2,24,30,31). The van der Waals surface area contributed by atoms with Gasteiger partial charge in [-0.05, 0) is 30.3 Å². The number of nitrogens with two attached hydrogens (primary N) is 1. The van der Waals surface area contributed by atoms with Crippen molar-refractivity contribution in [1.82, 2.24) is 9.78 Å². The predicted octanol–water partition coefficient (Wildman–Crippen LogP) is 3.25. The van der Waals surface area contributed by atoms with Crippen LogP contribution in [0.3, 0.4) is 0 Å². The first-order valence-electron chi connectivity index (χ1n) is 9.03. The highest BCUT2D eigenvalue weighted by Gasteiger charge is 2.35. The number of sulfonamides is 1. The number of rotatable bonds is 7. The summed E-state index contributed by atoms with van der Waals surface area (Å²) in [6, 6.07) is 11.3. The highest BCUT2D eigenvalue weighted by atomic mass is 32.2. The lowest BCUT2D eigenvalue weighted by Gasteiger charge is -2.12. The molecule has 0 aliphatic carbocycles. The Morgan fingerprint density at radius 3 is 2.22 bits per heavy atom. The number of ketones is 1. The number of aliphatic carboxylic acids is 1. The Hall–Kier alpha value is -3.51. The molecule has 0 unspecified atom stereocenters. The lowest BCUT2D eigenvalue weighted by molar-refractivity contribution is -0.141. The lowest BCUT2D eigenvalue weighted by Crippen LogP contribution is -2.12. The van der Waals surface area contributed by atoms with Gasteiger partial charge in [-0.15, -0.1) is 0 Å². The first-order chi connectivity index (χ1) is 14.9. The van der Waals surface area contributed by atoms with E-state index in [4.69, 9.17) is 10.2 Å². The third-order valence-corrected chi connectivity index (χ3v) is 5.41. The van der Waals surface area contributed by atoms with Gasteiger partial charge in [0.2, 0.25) is 10.0 Å². The molecule has 3 rings (SSSR count). The number of carbonyl (C=O) groups excluding carboxylic acids is 1. The number of alkyl halides is 3. The Morgan fingerprint density at radius 1 is 1.03 bits per heavy atom. The first-order valence-corrected chi connectivity index (χ1v) is 10.6. The number of hydrogen-bond donors (Lipinski definition) is 2. The number of primary sulfonamides is 1. The Labute approximate surface area is 180 Å². The topological polar surface area (TPSA) is 132 Å². The average molecular weight is 467 g/mol. The fourth-order valence-corrected chi connectivity index (χ4v) is 3.51. The van der Waals surface area contributed by atoms with Gasteiger partial charge in [-0.25, -0.2) is 18.2 Å². The minimum atomic E-state index is -4.79. The van der Waals surface area contributed by atoms with Crippen LogP contribution < -0.4 is 5.14 Å². The normalized spacial score (nSPS) is 12.0. The van der Waals surface area contributed by atoms with Crippen LogP contribution in [-0.2, 0) is 21.0 Å². The van der Waals surface area contributed by atoms with Crippen molar-refractivity contribution in [3.8, 4) is 16.9 Å². The van der Waals surface area contributed by atoms with Crippen molar-refractivity contribution in [1.29, 1.82) is 0 Å². The van der Waals surface area contributed by atoms with Gasteiger partial charge in [0.05, 0.1) is 22.7 Å². The molecular weight excluding hydrogens is 451 g/mol. The van der Waals surface area contributed by atoms with Gasteiger partial charge < -0.3 is 5.11 Å². The molecule has 0 spiro atoms. The largest absolute Gasteiger partial charge is 0.481 e. The zero-order valence-corrected chi connectivity index (χ0v) is 17.0. The van der Waals surface area contributed by atoms with E-state index in [1.807, 2.05) is 0 Å². The highest BCUT2D eigenvalue weighted by Crippen LogP contribution is 2.35. The summed E-state index contributed by atoms with van der Waals surface area (Å²) < 4.78 is 64.0. The molecule has 1 heterocycles. The van der Waals surface area contributed by atoms with Crippen molar-refractivity contribution < 1.29 is 36.3 Å². The summed E-state index contributed by atoms with van der Waals surface area (Å²) >= 11 is 0. The summed E-state index contributed by atoms with van der Waals surface area (Å²) in [7, 11) is -4.02. The van der Waals surface area contributed by atoms with Crippen LogP contribution in [0.15, 0.2) is 59.5 Å². The number of Topliss-reactive ketones (excluding diaryl/α,β-unsaturated/α-hetero) is 1. The van der Waals surface area contributed by atoms with Gasteiger partial charge in [0.25, 0.3) is 0 Å². The summed E-state index contributed by atoms with van der Waals surface area (Å²) in [6.07, 6.45) is -5.56. The molecule has 8 nitrogen and oxygen atoms in total. The van der Waals surface area contributed by atoms with E-state index in [1.165, 1.54) is 36.4 Å². The molecule has 2 aromatic carbocycles. The Kier molecular flexibility index (Phi) is 6.19.